The van der Waals surface area contributed by atoms with Crippen LogP contribution in [0.4, 0.5) is 4.79 Å². The quantitative estimate of drug-likeness (QED) is 0.0482. The number of nitrogens with zero attached hydrogens (tertiary/aromatic N) is 2. The van der Waals surface area contributed by atoms with E-state index in [0.29, 0.717) is 143 Å². The number of fused-ring (bicyclic) bond motifs is 5. The van der Waals surface area contributed by atoms with Gasteiger partial charge in [0.05, 0.1) is 168 Å². The summed E-state index contributed by atoms with van der Waals surface area (Å²) >= 11 is 0. The molecule has 0 amide bonds. The van der Waals surface area contributed by atoms with E-state index in [1.165, 1.54) is 0 Å². The number of aromatic nitrogens is 2. The molecule has 4 heterocycles. The molecule has 0 spiro atoms. The lowest BCUT2D eigenvalue weighted by Crippen LogP contribution is -2.47. The number of carbonyl (C=O) groups excluding carboxylic acids is 2. The number of methoxy groups -OCH3 is 1. The van der Waals surface area contributed by atoms with Gasteiger partial charge in [0.15, 0.2) is 0 Å². The Bertz CT molecular complexity index is 1880. The number of hydrogen-bond acceptors (Lipinski definition) is 18. The van der Waals surface area contributed by atoms with Crippen molar-refractivity contribution < 1.29 is 75.9 Å². The maximum atomic E-state index is 13.7. The van der Waals surface area contributed by atoms with E-state index < -0.39 is 17.7 Å². The number of ether oxygens (including phenoxy) is 14. The lowest BCUT2D eigenvalue weighted by molar-refractivity contribution is -0.175. The Kier molecular flexibility index (Phi) is 22.7. The van der Waals surface area contributed by atoms with Crippen LogP contribution in [0.15, 0.2) is 41.2 Å². The number of cyclic esters (lactones) is 1. The molecular weight excluding hydrogens is 828 g/mol. The van der Waals surface area contributed by atoms with Gasteiger partial charge >= 0.3 is 12.1 Å². The van der Waals surface area contributed by atoms with Crippen molar-refractivity contribution in [3.8, 4) is 11.4 Å². The Hall–Kier alpha value is -4.12. The van der Waals surface area contributed by atoms with Crippen LogP contribution >= 0.6 is 0 Å². The summed E-state index contributed by atoms with van der Waals surface area (Å²) in [6.07, 6.45) is -1.06. The molecule has 0 saturated heterocycles. The molecule has 0 aliphatic carbocycles. The Morgan fingerprint density at radius 1 is 0.651 bits per heavy atom. The van der Waals surface area contributed by atoms with E-state index in [1.54, 1.807) is 24.7 Å². The van der Waals surface area contributed by atoms with E-state index in [0.717, 1.165) is 16.5 Å². The second kappa shape index (κ2) is 28.6. The van der Waals surface area contributed by atoms with Crippen molar-refractivity contribution in [1.29, 1.82) is 0 Å². The van der Waals surface area contributed by atoms with Crippen LogP contribution in [0, 0.1) is 0 Å². The van der Waals surface area contributed by atoms with Gasteiger partial charge in [-0.1, -0.05) is 25.1 Å². The van der Waals surface area contributed by atoms with E-state index >= 15 is 0 Å². The van der Waals surface area contributed by atoms with Gasteiger partial charge in [-0.3, -0.25) is 4.79 Å². The molecule has 0 radical (unpaired) electrons. The standard InChI is InChI=1S/C44H62N2O17/c1-3-44(37-31-39-40-35(30-34-6-4-5-7-38(34)45-40)32-46(39)41(47)36(37)33-62-42(44)48)63-43(49)61-29-28-60-27-26-59-25-24-58-23-22-57-21-20-56-19-18-55-17-16-54-15-14-53-13-12-52-11-10-51-9-8-50-2/h4-7,30-31H,3,8-29,32-33H2,1-2H3/t44-/m0/s1. The number of carbonyl (C=O) groups is 2. The fourth-order valence-electron chi connectivity index (χ4n) is 6.66. The first-order chi connectivity index (χ1) is 31.0. The molecule has 1 aromatic carbocycles. The average molecular weight is 891 g/mol. The number of esters is 1. The van der Waals surface area contributed by atoms with Crippen LogP contribution in [0.5, 0.6) is 0 Å². The minimum absolute atomic E-state index is 0.0217. The molecule has 0 bridgehead atoms. The third-order valence-electron chi connectivity index (χ3n) is 9.87. The lowest BCUT2D eigenvalue weighted by Gasteiger charge is -2.35. The van der Waals surface area contributed by atoms with Crippen LogP contribution < -0.4 is 5.56 Å². The van der Waals surface area contributed by atoms with Crippen LogP contribution in [-0.4, -0.2) is 174 Å². The van der Waals surface area contributed by atoms with Crippen molar-refractivity contribution in [1.82, 2.24) is 9.55 Å². The van der Waals surface area contributed by atoms with Crippen LogP contribution in [-0.2, 0) is 89.9 Å². The number of hydrogen-bond donors (Lipinski definition) is 0. The van der Waals surface area contributed by atoms with Crippen LogP contribution in [0.1, 0.15) is 30.0 Å². The summed E-state index contributed by atoms with van der Waals surface area (Å²) in [5, 5.41) is 0.958. The zero-order valence-electron chi connectivity index (χ0n) is 36.5. The van der Waals surface area contributed by atoms with Crippen molar-refractivity contribution in [3.63, 3.8) is 0 Å². The molecule has 1 atom stereocenters. The Morgan fingerprint density at radius 2 is 1.11 bits per heavy atom. The van der Waals surface area contributed by atoms with Crippen molar-refractivity contribution in [2.75, 3.05) is 152 Å². The highest BCUT2D eigenvalue weighted by Crippen LogP contribution is 2.41. The molecule has 19 nitrogen and oxygen atoms in total. The molecule has 0 unspecified atom stereocenters. The van der Waals surface area contributed by atoms with Gasteiger partial charge in [-0.25, -0.2) is 14.6 Å². The number of pyridine rings is 2. The van der Waals surface area contributed by atoms with Gasteiger partial charge < -0.3 is 70.9 Å². The summed E-state index contributed by atoms with van der Waals surface area (Å²) in [7, 11) is 1.64. The Morgan fingerprint density at radius 3 is 1.59 bits per heavy atom. The molecule has 350 valence electrons. The second-order valence-electron chi connectivity index (χ2n) is 14.1. The van der Waals surface area contributed by atoms with Crippen molar-refractivity contribution in [2.24, 2.45) is 0 Å². The highest BCUT2D eigenvalue weighted by atomic mass is 16.7. The zero-order chi connectivity index (χ0) is 44.4. The Labute approximate surface area is 367 Å². The van der Waals surface area contributed by atoms with Crippen molar-refractivity contribution in [3.05, 3.63) is 63.4 Å². The first-order valence-corrected chi connectivity index (χ1v) is 21.4. The summed E-state index contributed by atoms with van der Waals surface area (Å²) in [5.41, 5.74) is 1.19. The number of benzene rings is 1. The molecule has 0 saturated carbocycles. The van der Waals surface area contributed by atoms with E-state index in [1.807, 2.05) is 30.3 Å². The number of rotatable bonds is 35. The molecule has 19 heteroatoms. The number of para-hydroxylation sites is 1. The summed E-state index contributed by atoms with van der Waals surface area (Å²) in [6.45, 7) is 10.9. The van der Waals surface area contributed by atoms with Crippen LogP contribution in [0.25, 0.3) is 22.3 Å². The minimum atomic E-state index is -1.86. The molecule has 2 aromatic heterocycles. The second-order valence-corrected chi connectivity index (χ2v) is 14.1. The van der Waals surface area contributed by atoms with Crippen LogP contribution in [0.3, 0.4) is 0 Å². The maximum absolute atomic E-state index is 13.7. The highest BCUT2D eigenvalue weighted by molar-refractivity contribution is 5.87. The fourth-order valence-corrected chi connectivity index (χ4v) is 6.66. The van der Waals surface area contributed by atoms with Crippen LogP contribution in [0.2, 0.25) is 0 Å². The first kappa shape index (κ1) is 49.9. The summed E-state index contributed by atoms with van der Waals surface area (Å²) in [4.78, 5) is 44.7. The average Bonchev–Trinajstić information content (AvgIpc) is 3.65. The predicted octanol–water partition coefficient (Wildman–Crippen LogP) is 3.05. The predicted molar refractivity (Wildman–Crippen MR) is 225 cm³/mol. The normalized spacial score (nSPS) is 15.3. The lowest BCUT2D eigenvalue weighted by atomic mass is 9.85. The van der Waals surface area contributed by atoms with E-state index in [-0.39, 0.29) is 49.5 Å². The summed E-state index contributed by atoms with van der Waals surface area (Å²) in [5.74, 6) is -0.774. The molecule has 63 heavy (non-hydrogen) atoms. The van der Waals surface area contributed by atoms with Crippen molar-refractivity contribution in [2.45, 2.75) is 32.1 Å². The topological polar surface area (TPSA) is 198 Å². The minimum Gasteiger partial charge on any atom is -0.457 e. The third-order valence-corrected chi connectivity index (χ3v) is 9.87. The van der Waals surface area contributed by atoms with E-state index in [2.05, 4.69) is 0 Å². The summed E-state index contributed by atoms with van der Waals surface area (Å²) < 4.78 is 77.5. The fraction of sp³-hybridized carbons (Fsp3) is 0.636. The highest BCUT2D eigenvalue weighted by Gasteiger charge is 2.51. The molecule has 0 fully saturated rings. The third kappa shape index (κ3) is 15.8. The van der Waals surface area contributed by atoms with Gasteiger partial charge in [0.1, 0.15) is 13.2 Å². The van der Waals surface area contributed by atoms with Gasteiger partial charge in [-0.15, -0.1) is 0 Å². The molecule has 3 aromatic rings. The van der Waals surface area contributed by atoms with Crippen molar-refractivity contribution >= 4 is 23.0 Å². The van der Waals surface area contributed by atoms with Gasteiger partial charge in [0, 0.05) is 23.6 Å². The van der Waals surface area contributed by atoms with Gasteiger partial charge in [-0.05, 0) is 24.6 Å². The first-order valence-electron chi connectivity index (χ1n) is 21.4. The molecule has 2 aliphatic rings. The SMILES string of the molecule is CC[C@@]1(OC(=O)OCCOCCOCCOCCOCCOCCOCCOCCOCCOCCOCCOC)C(=O)OCc2c1cc1n(c2=O)Cc2cc3ccccc3nc2-1. The smallest absolute Gasteiger partial charge is 0.457 e. The summed E-state index contributed by atoms with van der Waals surface area (Å²) in [6, 6.07) is 11.4. The molecule has 2 aliphatic heterocycles. The van der Waals surface area contributed by atoms with Gasteiger partial charge in [0.2, 0.25) is 5.60 Å². The molecule has 0 N–H and O–H groups in total. The molecular formula is C44H62N2O17. The Balaban J connectivity index is 0.810. The van der Waals surface area contributed by atoms with Gasteiger partial charge in [0.25, 0.3) is 5.56 Å². The molecule has 5 rings (SSSR count). The van der Waals surface area contributed by atoms with E-state index in [9.17, 15) is 14.4 Å². The zero-order valence-corrected chi connectivity index (χ0v) is 36.5. The van der Waals surface area contributed by atoms with E-state index in [4.69, 9.17) is 71.3 Å². The maximum Gasteiger partial charge on any atom is 0.509 e. The van der Waals surface area contributed by atoms with Gasteiger partial charge in [-0.2, -0.15) is 0 Å². The monoisotopic (exact) mass is 890 g/mol. The largest absolute Gasteiger partial charge is 0.509 e.